The summed E-state index contributed by atoms with van der Waals surface area (Å²) in [6.07, 6.45) is 0. The van der Waals surface area contributed by atoms with Crippen LogP contribution in [0.3, 0.4) is 0 Å². The van der Waals surface area contributed by atoms with Gasteiger partial charge in [-0.1, -0.05) is 10.2 Å². The third-order valence-electron chi connectivity index (χ3n) is 1.17. The fourth-order valence-corrected chi connectivity index (χ4v) is 1.77. The molecular formula is C9H17BrOS. The minimum absolute atomic E-state index is 0.0880. The van der Waals surface area contributed by atoms with E-state index in [0.717, 1.165) is 11.5 Å². The highest BCUT2D eigenvalue weighted by Crippen LogP contribution is 2.22. The summed E-state index contributed by atoms with van der Waals surface area (Å²) in [6, 6.07) is 0. The molecule has 0 aliphatic heterocycles. The molecule has 0 aromatic carbocycles. The number of halogens is 1. The summed E-state index contributed by atoms with van der Waals surface area (Å²) in [5, 5.41) is 0. The molecule has 0 saturated heterocycles. The molecule has 0 spiro atoms. The second kappa shape index (κ2) is 5.18. The average Bonchev–Trinajstić information content (AvgIpc) is 1.83. The van der Waals surface area contributed by atoms with E-state index in [1.807, 2.05) is 0 Å². The van der Waals surface area contributed by atoms with Crippen LogP contribution in [0.15, 0.2) is 11.3 Å². The maximum absolute atomic E-state index is 5.77. The van der Waals surface area contributed by atoms with Crippen molar-refractivity contribution in [2.24, 2.45) is 0 Å². The molecule has 0 atom stereocenters. The molecule has 72 valence electrons. The summed E-state index contributed by atoms with van der Waals surface area (Å²) >= 11 is 3.33. The summed E-state index contributed by atoms with van der Waals surface area (Å²) in [4.78, 5) is 0. The lowest BCUT2D eigenvalue weighted by atomic mass is 10.2. The van der Waals surface area contributed by atoms with Crippen LogP contribution in [0.2, 0.25) is 0 Å². The number of rotatable bonds is 3. The van der Waals surface area contributed by atoms with Crippen LogP contribution in [0.1, 0.15) is 34.6 Å². The van der Waals surface area contributed by atoms with E-state index in [2.05, 4.69) is 49.4 Å². The maximum atomic E-state index is 5.77. The molecule has 12 heavy (non-hydrogen) atoms. The molecule has 0 aromatic rings. The molecule has 0 radical (unpaired) electrons. The Morgan fingerprint density at radius 1 is 1.33 bits per heavy atom. The molecule has 3 heteroatoms. The normalized spacial score (nSPS) is 11.2. The molecule has 0 saturated carbocycles. The third-order valence-corrected chi connectivity index (χ3v) is 2.23. The van der Waals surface area contributed by atoms with Gasteiger partial charge < -0.3 is 4.74 Å². The zero-order valence-corrected chi connectivity index (χ0v) is 10.8. The molecule has 0 aromatic heterocycles. The Bertz CT molecular complexity index is 166. The lowest BCUT2D eigenvalue weighted by Crippen LogP contribution is -2.20. The van der Waals surface area contributed by atoms with Crippen LogP contribution >= 0.6 is 25.0 Å². The molecule has 1 nitrogen and oxygen atoms in total. The molecule has 0 aliphatic carbocycles. The predicted octanol–water partition coefficient (Wildman–Crippen LogP) is 4.14. The first-order valence-electron chi connectivity index (χ1n) is 3.95. The van der Waals surface area contributed by atoms with E-state index in [1.54, 1.807) is 10.2 Å². The Morgan fingerprint density at radius 2 is 1.83 bits per heavy atom. The zero-order chi connectivity index (χ0) is 9.78. The van der Waals surface area contributed by atoms with Gasteiger partial charge in [0.05, 0.1) is 5.75 Å². The van der Waals surface area contributed by atoms with Crippen LogP contribution in [-0.2, 0) is 4.74 Å². The second-order valence-electron chi connectivity index (χ2n) is 3.89. The van der Waals surface area contributed by atoms with Crippen LogP contribution in [0, 0.1) is 0 Å². The molecule has 0 N–H and O–H groups in total. The van der Waals surface area contributed by atoms with Crippen LogP contribution in [-0.4, -0.2) is 11.4 Å². The van der Waals surface area contributed by atoms with Gasteiger partial charge in [-0.3, -0.25) is 0 Å². The van der Waals surface area contributed by atoms with E-state index < -0.39 is 0 Å². The highest BCUT2D eigenvalue weighted by Gasteiger charge is 2.14. The zero-order valence-electron chi connectivity index (χ0n) is 8.40. The molecule has 0 aliphatic rings. The van der Waals surface area contributed by atoms with Gasteiger partial charge in [0.1, 0.15) is 11.4 Å². The van der Waals surface area contributed by atoms with Crippen LogP contribution in [0.5, 0.6) is 0 Å². The molecule has 0 heterocycles. The Kier molecular flexibility index (Phi) is 5.34. The van der Waals surface area contributed by atoms with Gasteiger partial charge in [-0.2, -0.15) is 0 Å². The van der Waals surface area contributed by atoms with Crippen molar-refractivity contribution in [3.8, 4) is 0 Å². The van der Waals surface area contributed by atoms with Crippen molar-refractivity contribution in [1.82, 2.24) is 0 Å². The van der Waals surface area contributed by atoms with E-state index in [0.29, 0.717) is 0 Å². The summed E-state index contributed by atoms with van der Waals surface area (Å²) in [6.45, 7) is 10.3. The molecule has 0 amide bonds. The van der Waals surface area contributed by atoms with Gasteiger partial charge in [-0.25, -0.2) is 0 Å². The largest absolute Gasteiger partial charge is 0.492 e. The fraction of sp³-hybridized carbons (Fsp3) is 0.778. The molecule has 0 bridgehead atoms. The van der Waals surface area contributed by atoms with E-state index in [4.69, 9.17) is 4.74 Å². The first kappa shape index (κ1) is 12.4. The summed E-state index contributed by atoms with van der Waals surface area (Å²) in [5.74, 6) is 1.96. The smallest absolute Gasteiger partial charge is 0.106 e. The Morgan fingerprint density at radius 3 is 2.08 bits per heavy atom. The van der Waals surface area contributed by atoms with Crippen molar-refractivity contribution in [2.75, 3.05) is 5.75 Å². The first-order chi connectivity index (χ1) is 5.37. The summed E-state index contributed by atoms with van der Waals surface area (Å²) in [7, 11) is 1.61. The lowest BCUT2D eigenvalue weighted by Gasteiger charge is -2.24. The summed E-state index contributed by atoms with van der Waals surface area (Å²) < 4.78 is 5.77. The first-order valence-corrected chi connectivity index (χ1v) is 6.78. The van der Waals surface area contributed by atoms with E-state index in [1.165, 1.54) is 5.57 Å². The topological polar surface area (TPSA) is 9.23 Å². The van der Waals surface area contributed by atoms with Crippen molar-refractivity contribution >= 4 is 25.0 Å². The fourth-order valence-electron chi connectivity index (χ4n) is 0.695. The highest BCUT2D eigenvalue weighted by atomic mass is 79.9. The average molecular weight is 253 g/mol. The van der Waals surface area contributed by atoms with Crippen molar-refractivity contribution in [3.05, 3.63) is 11.3 Å². The van der Waals surface area contributed by atoms with Gasteiger partial charge >= 0.3 is 0 Å². The predicted molar refractivity (Wildman–Crippen MR) is 60.6 cm³/mol. The van der Waals surface area contributed by atoms with Gasteiger partial charge in [-0.15, -0.1) is 0 Å². The van der Waals surface area contributed by atoms with Gasteiger partial charge in [0.2, 0.25) is 0 Å². The molecule has 0 rings (SSSR count). The van der Waals surface area contributed by atoms with Gasteiger partial charge in [0.15, 0.2) is 0 Å². The number of allylic oxidation sites excluding steroid dienone is 1. The molecule has 0 fully saturated rings. The quantitative estimate of drug-likeness (QED) is 0.699. The van der Waals surface area contributed by atoms with Gasteiger partial charge in [0, 0.05) is 0 Å². The number of hydrogen-bond acceptors (Lipinski definition) is 2. The van der Waals surface area contributed by atoms with Gasteiger partial charge in [-0.05, 0) is 55.0 Å². The van der Waals surface area contributed by atoms with Crippen LogP contribution in [0.4, 0.5) is 0 Å². The van der Waals surface area contributed by atoms with Crippen LogP contribution in [0.25, 0.3) is 0 Å². The summed E-state index contributed by atoms with van der Waals surface area (Å²) in [5.41, 5.74) is 1.16. The van der Waals surface area contributed by atoms with Crippen molar-refractivity contribution in [2.45, 2.75) is 40.2 Å². The Labute approximate surface area is 87.1 Å². The Hall–Kier alpha value is 0.370. The minimum atomic E-state index is -0.0880. The standard InChI is InChI=1S/C9H17BrOS/c1-7(2)8(6-12-10)11-9(3,4)5/h6H2,1-5H3. The van der Waals surface area contributed by atoms with E-state index in [-0.39, 0.29) is 5.60 Å². The molecule has 0 unspecified atom stereocenters. The van der Waals surface area contributed by atoms with Crippen LogP contribution < -0.4 is 0 Å². The van der Waals surface area contributed by atoms with Crippen molar-refractivity contribution < 1.29 is 4.74 Å². The molecular weight excluding hydrogens is 236 g/mol. The Balaban J connectivity index is 4.26. The van der Waals surface area contributed by atoms with Crippen molar-refractivity contribution in [3.63, 3.8) is 0 Å². The minimum Gasteiger partial charge on any atom is -0.492 e. The maximum Gasteiger partial charge on any atom is 0.106 e. The lowest BCUT2D eigenvalue weighted by molar-refractivity contribution is 0.0526. The monoisotopic (exact) mass is 252 g/mol. The highest BCUT2D eigenvalue weighted by molar-refractivity contribution is 9.50. The number of hydrogen-bond donors (Lipinski definition) is 0. The van der Waals surface area contributed by atoms with Gasteiger partial charge in [0.25, 0.3) is 0 Å². The number of ether oxygens (including phenoxy) is 1. The SMILES string of the molecule is CC(C)=C(CSBr)OC(C)(C)C. The van der Waals surface area contributed by atoms with E-state index >= 15 is 0 Å². The van der Waals surface area contributed by atoms with Crippen molar-refractivity contribution in [1.29, 1.82) is 0 Å². The van der Waals surface area contributed by atoms with E-state index in [9.17, 15) is 0 Å². The third kappa shape index (κ3) is 5.95. The second-order valence-corrected chi connectivity index (χ2v) is 5.77.